The van der Waals surface area contributed by atoms with Gasteiger partial charge in [-0.15, -0.1) is 5.10 Å². The molecule has 1 aliphatic heterocycles. The highest BCUT2D eigenvalue weighted by molar-refractivity contribution is 5.94. The summed E-state index contributed by atoms with van der Waals surface area (Å²) in [5.41, 5.74) is 3.66. The number of nitrogens with one attached hydrogen (secondary N) is 1. The third-order valence-corrected chi connectivity index (χ3v) is 5.83. The predicted octanol–water partition coefficient (Wildman–Crippen LogP) is 4.68. The summed E-state index contributed by atoms with van der Waals surface area (Å²) in [6.45, 7) is 8.14. The van der Waals surface area contributed by atoms with E-state index in [1.807, 2.05) is 32.2 Å². The van der Waals surface area contributed by atoms with Crippen molar-refractivity contribution in [3.05, 3.63) is 52.8 Å². The topological polar surface area (TPSA) is 77.7 Å². The number of aromatic nitrogens is 3. The van der Waals surface area contributed by atoms with Crippen LogP contribution in [0.25, 0.3) is 10.8 Å². The van der Waals surface area contributed by atoms with Crippen molar-refractivity contribution in [2.24, 2.45) is 0 Å². The maximum atomic E-state index is 9.34. The average molecular weight is 387 g/mol. The van der Waals surface area contributed by atoms with Crippen LogP contribution in [0.15, 0.2) is 30.5 Å². The number of rotatable bonds is 4. The molecule has 0 saturated carbocycles. The first-order chi connectivity index (χ1) is 14.1. The summed E-state index contributed by atoms with van der Waals surface area (Å²) in [4.78, 5) is 7.05. The number of benzene rings is 1. The van der Waals surface area contributed by atoms with Crippen LogP contribution in [0, 0.1) is 25.2 Å². The highest BCUT2D eigenvalue weighted by atomic mass is 15.2. The van der Waals surface area contributed by atoms with Crippen LogP contribution in [0.5, 0.6) is 0 Å². The number of nitriles is 1. The van der Waals surface area contributed by atoms with Gasteiger partial charge in [-0.05, 0) is 63.3 Å². The van der Waals surface area contributed by atoms with E-state index in [2.05, 4.69) is 45.5 Å². The Bertz CT molecular complexity index is 1080. The fraction of sp³-hybridized carbons (Fsp3) is 0.391. The van der Waals surface area contributed by atoms with Crippen molar-refractivity contribution in [1.29, 1.82) is 5.26 Å². The molecule has 3 heterocycles. The molecule has 0 bridgehead atoms. The molecular weight excluding hydrogens is 360 g/mol. The molecule has 1 N–H and O–H groups in total. The molecular formula is C23H26N6. The molecule has 0 aliphatic carbocycles. The molecule has 0 amide bonds. The summed E-state index contributed by atoms with van der Waals surface area (Å²) >= 11 is 0. The Morgan fingerprint density at radius 3 is 2.66 bits per heavy atom. The van der Waals surface area contributed by atoms with Crippen LogP contribution in [0.1, 0.15) is 54.6 Å². The Kier molecular flexibility index (Phi) is 5.30. The van der Waals surface area contributed by atoms with Gasteiger partial charge >= 0.3 is 0 Å². The van der Waals surface area contributed by atoms with Gasteiger partial charge in [0.05, 0.1) is 23.4 Å². The number of piperidine rings is 1. The zero-order valence-corrected chi connectivity index (χ0v) is 17.2. The van der Waals surface area contributed by atoms with Crippen molar-refractivity contribution >= 4 is 22.4 Å². The van der Waals surface area contributed by atoms with E-state index in [9.17, 15) is 5.26 Å². The number of aryl methyl sites for hydroxylation is 1. The summed E-state index contributed by atoms with van der Waals surface area (Å²) < 4.78 is 0. The second kappa shape index (κ2) is 8.04. The Balaban J connectivity index is 1.71. The number of hydrogen-bond donors (Lipinski definition) is 1. The van der Waals surface area contributed by atoms with Gasteiger partial charge in [0.2, 0.25) is 0 Å². The fourth-order valence-electron chi connectivity index (χ4n) is 4.09. The lowest BCUT2D eigenvalue weighted by Crippen LogP contribution is -2.30. The maximum Gasteiger partial charge on any atom is 0.157 e. The van der Waals surface area contributed by atoms with Gasteiger partial charge in [0.25, 0.3) is 0 Å². The van der Waals surface area contributed by atoms with E-state index < -0.39 is 0 Å². The molecule has 0 spiro atoms. The molecule has 1 aliphatic rings. The minimum atomic E-state index is -0.00453. The average Bonchev–Trinajstić information content (AvgIpc) is 2.76. The molecule has 6 heteroatoms. The normalized spacial score (nSPS) is 15.2. The summed E-state index contributed by atoms with van der Waals surface area (Å²) in [6.07, 6.45) is 5.63. The summed E-state index contributed by atoms with van der Waals surface area (Å²) in [6, 6.07) is 10.2. The molecule has 0 unspecified atom stereocenters. The van der Waals surface area contributed by atoms with Gasteiger partial charge in [0.1, 0.15) is 5.82 Å². The van der Waals surface area contributed by atoms with Crippen LogP contribution in [0.3, 0.4) is 0 Å². The van der Waals surface area contributed by atoms with Crippen molar-refractivity contribution < 1.29 is 0 Å². The Labute approximate surface area is 171 Å². The van der Waals surface area contributed by atoms with Crippen LogP contribution >= 0.6 is 0 Å². The molecule has 3 aromatic rings. The lowest BCUT2D eigenvalue weighted by Gasteiger charge is -2.28. The number of pyridine rings is 1. The van der Waals surface area contributed by atoms with Gasteiger partial charge in [-0.25, -0.2) is 4.98 Å². The minimum absolute atomic E-state index is 0.00453. The molecule has 2 aromatic heterocycles. The molecule has 148 valence electrons. The molecule has 1 saturated heterocycles. The summed E-state index contributed by atoms with van der Waals surface area (Å²) in [5, 5.41) is 23.7. The number of fused-ring (bicyclic) bond motifs is 1. The third-order valence-electron chi connectivity index (χ3n) is 5.83. The number of anilines is 2. The van der Waals surface area contributed by atoms with Crippen LogP contribution in [-0.2, 0) is 0 Å². The van der Waals surface area contributed by atoms with Crippen molar-refractivity contribution in [3.8, 4) is 6.07 Å². The minimum Gasteiger partial charge on any atom is -0.362 e. The zero-order valence-electron chi connectivity index (χ0n) is 17.2. The highest BCUT2D eigenvalue weighted by Crippen LogP contribution is 2.30. The monoisotopic (exact) mass is 386 g/mol. The number of hydrogen-bond acceptors (Lipinski definition) is 6. The van der Waals surface area contributed by atoms with Crippen molar-refractivity contribution in [2.45, 2.75) is 46.1 Å². The Morgan fingerprint density at radius 2 is 1.90 bits per heavy atom. The maximum absolute atomic E-state index is 9.34. The smallest absolute Gasteiger partial charge is 0.157 e. The molecule has 29 heavy (non-hydrogen) atoms. The Morgan fingerprint density at radius 1 is 1.10 bits per heavy atom. The lowest BCUT2D eigenvalue weighted by atomic mass is 9.98. The molecule has 6 nitrogen and oxygen atoms in total. The van der Waals surface area contributed by atoms with Gasteiger partial charge in [-0.3, -0.25) is 0 Å². The van der Waals surface area contributed by atoms with Crippen LogP contribution < -0.4 is 10.2 Å². The van der Waals surface area contributed by atoms with Crippen LogP contribution in [0.4, 0.5) is 11.6 Å². The quantitative estimate of drug-likeness (QED) is 0.702. The van der Waals surface area contributed by atoms with Crippen LogP contribution in [-0.4, -0.2) is 28.3 Å². The summed E-state index contributed by atoms with van der Waals surface area (Å²) in [7, 11) is 0. The Hall–Kier alpha value is -3.20. The van der Waals surface area contributed by atoms with Crippen molar-refractivity contribution in [1.82, 2.24) is 15.2 Å². The predicted molar refractivity (Wildman–Crippen MR) is 116 cm³/mol. The first kappa shape index (κ1) is 19.1. The molecule has 1 atom stereocenters. The zero-order chi connectivity index (χ0) is 20.4. The van der Waals surface area contributed by atoms with E-state index in [4.69, 9.17) is 4.98 Å². The molecule has 0 radical (unpaired) electrons. The van der Waals surface area contributed by atoms with Crippen molar-refractivity contribution in [3.63, 3.8) is 0 Å². The van der Waals surface area contributed by atoms with Crippen molar-refractivity contribution in [2.75, 3.05) is 23.3 Å². The van der Waals surface area contributed by atoms with E-state index in [0.29, 0.717) is 5.56 Å². The van der Waals surface area contributed by atoms with Gasteiger partial charge < -0.3 is 10.2 Å². The van der Waals surface area contributed by atoms with E-state index in [1.54, 1.807) is 0 Å². The third kappa shape index (κ3) is 3.73. The standard InChI is InChI=1S/C23H26N6/c1-15-18(13-24)8-7-9-19(15)16(2)26-23-20-12-22(29-10-5-4-6-11-29)25-14-21(20)17(3)27-28-23/h7-9,12,14,16H,4-6,10-11H2,1-3H3,(H,26,28)/t16-/m1/s1. The SMILES string of the molecule is Cc1c(C#N)cccc1[C@@H](C)Nc1nnc(C)c2cnc(N3CCCCC3)cc12. The van der Waals surface area contributed by atoms with E-state index in [1.165, 1.54) is 19.3 Å². The first-order valence-electron chi connectivity index (χ1n) is 10.2. The van der Waals surface area contributed by atoms with E-state index >= 15 is 0 Å². The first-order valence-corrected chi connectivity index (χ1v) is 10.2. The van der Waals surface area contributed by atoms with Crippen LogP contribution in [0.2, 0.25) is 0 Å². The summed E-state index contributed by atoms with van der Waals surface area (Å²) in [5.74, 6) is 1.75. The number of nitrogens with zero attached hydrogens (tertiary/aromatic N) is 5. The fourth-order valence-corrected chi connectivity index (χ4v) is 4.09. The van der Waals surface area contributed by atoms with Gasteiger partial charge in [0, 0.05) is 30.1 Å². The van der Waals surface area contributed by atoms with Gasteiger partial charge in [-0.2, -0.15) is 10.4 Å². The second-order valence-corrected chi connectivity index (χ2v) is 7.77. The highest BCUT2D eigenvalue weighted by Gasteiger charge is 2.17. The van der Waals surface area contributed by atoms with Gasteiger partial charge in [0.15, 0.2) is 5.82 Å². The molecule has 1 fully saturated rings. The van der Waals surface area contributed by atoms with E-state index in [-0.39, 0.29) is 6.04 Å². The largest absolute Gasteiger partial charge is 0.362 e. The van der Waals surface area contributed by atoms with E-state index in [0.717, 1.165) is 52.3 Å². The lowest BCUT2D eigenvalue weighted by molar-refractivity contribution is 0.574. The molecule has 4 rings (SSSR count). The van der Waals surface area contributed by atoms with Gasteiger partial charge in [-0.1, -0.05) is 12.1 Å². The second-order valence-electron chi connectivity index (χ2n) is 7.77. The molecule has 1 aromatic carbocycles.